The normalized spacial score (nSPS) is 13.7. The maximum atomic E-state index is 12.7. The Balaban J connectivity index is 1.35. The van der Waals surface area contributed by atoms with Gasteiger partial charge in [0.05, 0.1) is 28.2 Å². The van der Waals surface area contributed by atoms with Gasteiger partial charge in [0, 0.05) is 49.0 Å². The van der Waals surface area contributed by atoms with E-state index >= 15 is 0 Å². The van der Waals surface area contributed by atoms with Crippen molar-refractivity contribution in [3.05, 3.63) is 93.5 Å². The van der Waals surface area contributed by atoms with Gasteiger partial charge >= 0.3 is 0 Å². The van der Waals surface area contributed by atoms with Gasteiger partial charge in [0.1, 0.15) is 12.2 Å². The zero-order chi connectivity index (χ0) is 21.2. The van der Waals surface area contributed by atoms with Crippen LogP contribution in [0.15, 0.2) is 66.0 Å². The topological polar surface area (TPSA) is 87.7 Å². The Kier molecular flexibility index (Phi) is 5.28. The molecule has 1 N–H and O–H groups in total. The fourth-order valence-electron chi connectivity index (χ4n) is 3.75. The zero-order valence-corrected chi connectivity index (χ0v) is 17.4. The molecule has 1 aliphatic heterocycles. The minimum Gasteiger partial charge on any atom is -0.306 e. The number of nitrogens with zero attached hydrogens (tertiary/aromatic N) is 5. The van der Waals surface area contributed by atoms with Crippen molar-refractivity contribution in [2.75, 3.05) is 6.54 Å². The number of hydrogen-bond acceptors (Lipinski definition) is 6. The summed E-state index contributed by atoms with van der Waals surface area (Å²) in [6, 6.07) is 13.7. The summed E-state index contributed by atoms with van der Waals surface area (Å²) in [7, 11) is 0. The van der Waals surface area contributed by atoms with Crippen LogP contribution < -0.4 is 5.56 Å². The molecule has 0 unspecified atom stereocenters. The third-order valence-corrected chi connectivity index (χ3v) is 5.57. The van der Waals surface area contributed by atoms with E-state index in [0.29, 0.717) is 41.5 Å². The first-order valence-corrected chi connectivity index (χ1v) is 10.4. The van der Waals surface area contributed by atoms with Gasteiger partial charge in [-0.3, -0.25) is 14.7 Å². The second-order valence-electron chi connectivity index (χ2n) is 7.45. The highest BCUT2D eigenvalue weighted by Crippen LogP contribution is 2.22. The van der Waals surface area contributed by atoms with Gasteiger partial charge in [-0.2, -0.15) is 0 Å². The van der Waals surface area contributed by atoms with Gasteiger partial charge < -0.3 is 4.98 Å². The lowest BCUT2D eigenvalue weighted by molar-refractivity contribution is 0.239. The van der Waals surface area contributed by atoms with E-state index in [1.54, 1.807) is 12.4 Å². The van der Waals surface area contributed by atoms with Crippen LogP contribution in [-0.2, 0) is 19.5 Å². The Hall–Kier alpha value is -3.42. The maximum absolute atomic E-state index is 12.7. The predicted molar refractivity (Wildman–Crippen MR) is 118 cm³/mol. The summed E-state index contributed by atoms with van der Waals surface area (Å²) in [5, 5.41) is 0.702. The Labute approximate surface area is 183 Å². The molecule has 0 amide bonds. The molecule has 0 aliphatic carbocycles. The van der Waals surface area contributed by atoms with Gasteiger partial charge in [0.2, 0.25) is 0 Å². The number of aromatic amines is 1. The highest BCUT2D eigenvalue weighted by molar-refractivity contribution is 6.30. The Bertz CT molecular complexity index is 1270. The van der Waals surface area contributed by atoms with Crippen LogP contribution in [0, 0.1) is 0 Å². The van der Waals surface area contributed by atoms with Crippen molar-refractivity contribution >= 4 is 11.6 Å². The number of halogens is 1. The van der Waals surface area contributed by atoms with Crippen LogP contribution in [-0.4, -0.2) is 36.4 Å². The fourth-order valence-corrected chi connectivity index (χ4v) is 3.88. The number of pyridine rings is 1. The Morgan fingerprint density at radius 3 is 2.61 bits per heavy atom. The van der Waals surface area contributed by atoms with E-state index in [4.69, 9.17) is 16.6 Å². The lowest BCUT2D eigenvalue weighted by Gasteiger charge is -2.27. The summed E-state index contributed by atoms with van der Waals surface area (Å²) < 4.78 is 0. The molecule has 0 saturated carbocycles. The number of H-pyrrole nitrogens is 1. The van der Waals surface area contributed by atoms with Crippen LogP contribution in [0.5, 0.6) is 0 Å². The summed E-state index contributed by atoms with van der Waals surface area (Å²) >= 11 is 5.99. The van der Waals surface area contributed by atoms with Crippen molar-refractivity contribution in [3.63, 3.8) is 0 Å². The first-order valence-electron chi connectivity index (χ1n) is 9.97. The van der Waals surface area contributed by atoms with E-state index in [2.05, 4.69) is 24.8 Å². The van der Waals surface area contributed by atoms with E-state index < -0.39 is 0 Å². The lowest BCUT2D eigenvalue weighted by atomic mass is 10.1. The van der Waals surface area contributed by atoms with Gasteiger partial charge in [0.25, 0.3) is 5.56 Å². The monoisotopic (exact) mass is 430 g/mol. The third-order valence-electron chi connectivity index (χ3n) is 5.31. The van der Waals surface area contributed by atoms with Gasteiger partial charge in [-0.05, 0) is 24.3 Å². The summed E-state index contributed by atoms with van der Waals surface area (Å²) in [6.07, 6.45) is 5.45. The van der Waals surface area contributed by atoms with E-state index in [0.717, 1.165) is 29.2 Å². The number of nitrogens with one attached hydrogen (secondary N) is 1. The summed E-state index contributed by atoms with van der Waals surface area (Å²) in [4.78, 5) is 35.3. The molecule has 4 aromatic rings. The quantitative estimate of drug-likeness (QED) is 0.533. The van der Waals surface area contributed by atoms with Crippen LogP contribution in [0.3, 0.4) is 0 Å². The molecule has 0 fully saturated rings. The zero-order valence-electron chi connectivity index (χ0n) is 16.6. The maximum Gasteiger partial charge on any atom is 0.255 e. The molecule has 0 spiro atoms. The van der Waals surface area contributed by atoms with Gasteiger partial charge in [0.15, 0.2) is 0 Å². The van der Waals surface area contributed by atoms with Gasteiger partial charge in [-0.15, -0.1) is 0 Å². The number of aromatic nitrogens is 5. The van der Waals surface area contributed by atoms with Gasteiger partial charge in [-0.25, -0.2) is 15.0 Å². The summed E-state index contributed by atoms with van der Waals surface area (Å²) in [5.74, 6) is 0.509. The van der Waals surface area contributed by atoms with Crippen molar-refractivity contribution in [3.8, 4) is 22.6 Å². The van der Waals surface area contributed by atoms with Gasteiger partial charge in [-0.1, -0.05) is 29.8 Å². The largest absolute Gasteiger partial charge is 0.306 e. The molecule has 154 valence electrons. The molecule has 5 rings (SSSR count). The minimum absolute atomic E-state index is 0.114. The molecular formula is C23H19ClN6O. The first-order chi connectivity index (χ1) is 15.2. The Morgan fingerprint density at radius 1 is 1.00 bits per heavy atom. The average molecular weight is 431 g/mol. The number of fused-ring (bicyclic) bond motifs is 1. The smallest absolute Gasteiger partial charge is 0.255 e. The molecule has 4 heterocycles. The van der Waals surface area contributed by atoms with Crippen molar-refractivity contribution < 1.29 is 0 Å². The fraction of sp³-hybridized carbons (Fsp3) is 0.174. The lowest BCUT2D eigenvalue weighted by Crippen LogP contribution is -2.35. The SMILES string of the molecule is O=c1[nH]c(-c2cncnc2)nc2c1CN(Cc1cccc(-c3ccc(Cl)cc3)n1)CC2. The van der Waals surface area contributed by atoms with E-state index in [-0.39, 0.29) is 5.56 Å². The van der Waals surface area contributed by atoms with Crippen molar-refractivity contribution in [1.82, 2.24) is 29.8 Å². The molecule has 8 heteroatoms. The van der Waals surface area contributed by atoms with Crippen LogP contribution in [0.2, 0.25) is 5.02 Å². The number of hydrogen-bond donors (Lipinski definition) is 1. The summed E-state index contributed by atoms with van der Waals surface area (Å²) in [5.41, 5.74) is 5.01. The van der Waals surface area contributed by atoms with Crippen LogP contribution in [0.1, 0.15) is 17.0 Å². The van der Waals surface area contributed by atoms with Crippen molar-refractivity contribution in [2.45, 2.75) is 19.5 Å². The second-order valence-corrected chi connectivity index (χ2v) is 7.89. The highest BCUT2D eigenvalue weighted by atomic mass is 35.5. The molecule has 31 heavy (non-hydrogen) atoms. The summed E-state index contributed by atoms with van der Waals surface area (Å²) in [6.45, 7) is 2.01. The molecule has 0 saturated heterocycles. The molecule has 7 nitrogen and oxygen atoms in total. The van der Waals surface area contributed by atoms with Crippen molar-refractivity contribution in [2.24, 2.45) is 0 Å². The molecular weight excluding hydrogens is 412 g/mol. The molecule has 1 aliphatic rings. The minimum atomic E-state index is -0.114. The molecule has 0 radical (unpaired) electrons. The van der Waals surface area contributed by atoms with Crippen LogP contribution in [0.4, 0.5) is 0 Å². The standard InChI is InChI=1S/C23H19ClN6O/c24-17-6-4-15(5-7-17)20-3-1-2-18(27-20)12-30-9-8-21-19(13-30)23(31)29-22(28-21)16-10-25-14-26-11-16/h1-7,10-11,14H,8-9,12-13H2,(H,28,29,31). The second kappa shape index (κ2) is 8.37. The number of rotatable bonds is 4. The van der Waals surface area contributed by atoms with E-state index in [1.165, 1.54) is 6.33 Å². The van der Waals surface area contributed by atoms with Crippen molar-refractivity contribution in [1.29, 1.82) is 0 Å². The van der Waals surface area contributed by atoms with Crippen LogP contribution >= 0.6 is 11.6 Å². The molecule has 1 aromatic carbocycles. The average Bonchev–Trinajstić information content (AvgIpc) is 2.81. The number of benzene rings is 1. The predicted octanol–water partition coefficient (Wildman–Crippen LogP) is 3.50. The molecule has 0 atom stereocenters. The van der Waals surface area contributed by atoms with Crippen LogP contribution in [0.25, 0.3) is 22.6 Å². The first kappa shape index (κ1) is 19.5. The third kappa shape index (κ3) is 4.23. The molecule has 3 aromatic heterocycles. The molecule has 0 bridgehead atoms. The Morgan fingerprint density at radius 2 is 1.81 bits per heavy atom. The van der Waals surface area contributed by atoms with E-state index in [9.17, 15) is 4.79 Å². The van der Waals surface area contributed by atoms with E-state index in [1.807, 2.05) is 42.5 Å². The highest BCUT2D eigenvalue weighted by Gasteiger charge is 2.22.